The highest BCUT2D eigenvalue weighted by atomic mass is 79.9. The molecule has 20 heavy (non-hydrogen) atoms. The highest BCUT2D eigenvalue weighted by Crippen LogP contribution is 2.18. The molecule has 0 aliphatic carbocycles. The second kappa shape index (κ2) is 7.22. The fraction of sp³-hybridized carbons (Fsp3) is 0.0625. The van der Waals surface area contributed by atoms with Crippen molar-refractivity contribution >= 4 is 44.6 Å². The molecule has 0 radical (unpaired) electrons. The predicted octanol–water partition coefficient (Wildman–Crippen LogP) is 4.80. The number of anilines is 2. The summed E-state index contributed by atoms with van der Waals surface area (Å²) >= 11 is 8.91. The van der Waals surface area contributed by atoms with E-state index < -0.39 is 0 Å². The second-order valence-electron chi connectivity index (χ2n) is 4.24. The van der Waals surface area contributed by atoms with Gasteiger partial charge in [-0.25, -0.2) is 0 Å². The SMILES string of the molecule is C=C(Br)CN(C(=S)Nc1ccccc1)c1ccccc1. The van der Waals surface area contributed by atoms with Crippen LogP contribution in [0.1, 0.15) is 0 Å². The van der Waals surface area contributed by atoms with Gasteiger partial charge in [-0.3, -0.25) is 0 Å². The fourth-order valence-corrected chi connectivity index (χ4v) is 2.31. The Morgan fingerprint density at radius 3 is 2.15 bits per heavy atom. The van der Waals surface area contributed by atoms with E-state index in [2.05, 4.69) is 27.8 Å². The van der Waals surface area contributed by atoms with Gasteiger partial charge >= 0.3 is 0 Å². The number of halogens is 1. The van der Waals surface area contributed by atoms with Crippen molar-refractivity contribution in [3.8, 4) is 0 Å². The first-order valence-electron chi connectivity index (χ1n) is 6.19. The van der Waals surface area contributed by atoms with Crippen LogP contribution in [0.5, 0.6) is 0 Å². The van der Waals surface area contributed by atoms with Crippen LogP contribution in [0.25, 0.3) is 0 Å². The molecule has 0 heterocycles. The molecular formula is C16H15BrN2S. The maximum Gasteiger partial charge on any atom is 0.178 e. The number of benzene rings is 2. The first kappa shape index (κ1) is 14.8. The van der Waals surface area contributed by atoms with E-state index in [-0.39, 0.29) is 0 Å². The van der Waals surface area contributed by atoms with Gasteiger partial charge in [-0.05, 0) is 36.5 Å². The Kier molecular flexibility index (Phi) is 5.32. The lowest BCUT2D eigenvalue weighted by Crippen LogP contribution is -2.35. The summed E-state index contributed by atoms with van der Waals surface area (Å²) in [4.78, 5) is 2.00. The molecule has 2 rings (SSSR count). The zero-order chi connectivity index (χ0) is 14.4. The number of hydrogen-bond donors (Lipinski definition) is 1. The monoisotopic (exact) mass is 346 g/mol. The van der Waals surface area contributed by atoms with E-state index in [1.807, 2.05) is 65.6 Å². The molecule has 4 heteroatoms. The summed E-state index contributed by atoms with van der Waals surface area (Å²) in [5, 5.41) is 3.88. The van der Waals surface area contributed by atoms with Gasteiger partial charge in [0.25, 0.3) is 0 Å². The van der Waals surface area contributed by atoms with E-state index in [1.54, 1.807) is 0 Å². The molecule has 0 fully saturated rings. The van der Waals surface area contributed by atoms with Crippen molar-refractivity contribution in [2.45, 2.75) is 0 Å². The summed E-state index contributed by atoms with van der Waals surface area (Å²) in [7, 11) is 0. The fourth-order valence-electron chi connectivity index (χ4n) is 1.77. The van der Waals surface area contributed by atoms with Gasteiger partial charge in [0.15, 0.2) is 5.11 Å². The van der Waals surface area contributed by atoms with E-state index in [4.69, 9.17) is 12.2 Å². The van der Waals surface area contributed by atoms with Crippen LogP contribution in [0.4, 0.5) is 11.4 Å². The third-order valence-electron chi connectivity index (χ3n) is 2.67. The Labute approximate surface area is 133 Å². The normalized spacial score (nSPS) is 9.85. The zero-order valence-electron chi connectivity index (χ0n) is 10.9. The summed E-state index contributed by atoms with van der Waals surface area (Å²) < 4.78 is 0.874. The summed E-state index contributed by atoms with van der Waals surface area (Å²) in [6.45, 7) is 4.51. The van der Waals surface area contributed by atoms with Crippen molar-refractivity contribution in [1.29, 1.82) is 0 Å². The van der Waals surface area contributed by atoms with Crippen LogP contribution in [0.3, 0.4) is 0 Å². The van der Waals surface area contributed by atoms with E-state index in [0.717, 1.165) is 15.9 Å². The summed E-state index contributed by atoms with van der Waals surface area (Å²) in [6, 6.07) is 19.9. The Hall–Kier alpha value is -1.65. The lowest BCUT2D eigenvalue weighted by molar-refractivity contribution is 1.14. The number of rotatable bonds is 4. The highest BCUT2D eigenvalue weighted by molar-refractivity contribution is 9.11. The molecule has 0 aliphatic heterocycles. The molecule has 0 amide bonds. The molecule has 2 nitrogen and oxygen atoms in total. The molecule has 0 bridgehead atoms. The van der Waals surface area contributed by atoms with Gasteiger partial charge in [0.2, 0.25) is 0 Å². The third-order valence-corrected chi connectivity index (χ3v) is 3.24. The standard InChI is InChI=1S/C16H15BrN2S/c1-13(17)12-19(15-10-6-3-7-11-15)16(20)18-14-8-4-2-5-9-14/h2-11H,1,12H2,(H,18,20). The molecule has 0 aliphatic rings. The van der Waals surface area contributed by atoms with Gasteiger partial charge in [-0.1, -0.05) is 58.9 Å². The number of para-hydroxylation sites is 2. The summed E-state index contributed by atoms with van der Waals surface area (Å²) in [5.74, 6) is 0. The zero-order valence-corrected chi connectivity index (χ0v) is 13.3. The molecule has 2 aromatic rings. The average molecular weight is 347 g/mol. The first-order chi connectivity index (χ1) is 9.66. The Bertz CT molecular complexity index is 584. The van der Waals surface area contributed by atoms with Crippen molar-refractivity contribution in [2.24, 2.45) is 0 Å². The van der Waals surface area contributed by atoms with Gasteiger partial charge in [0.05, 0.1) is 6.54 Å². The lowest BCUT2D eigenvalue weighted by atomic mass is 10.3. The minimum absolute atomic E-state index is 0.614. The van der Waals surface area contributed by atoms with Crippen molar-refractivity contribution in [3.05, 3.63) is 71.7 Å². The van der Waals surface area contributed by atoms with E-state index >= 15 is 0 Å². The van der Waals surface area contributed by atoms with Gasteiger partial charge in [-0.2, -0.15) is 0 Å². The van der Waals surface area contributed by atoms with Crippen LogP contribution in [-0.4, -0.2) is 11.7 Å². The number of nitrogens with one attached hydrogen (secondary N) is 1. The van der Waals surface area contributed by atoms with Crippen LogP contribution >= 0.6 is 28.1 Å². The average Bonchev–Trinajstić information content (AvgIpc) is 2.46. The van der Waals surface area contributed by atoms with Crippen molar-refractivity contribution in [3.63, 3.8) is 0 Å². The molecule has 0 unspecified atom stereocenters. The van der Waals surface area contributed by atoms with Crippen molar-refractivity contribution < 1.29 is 0 Å². The number of hydrogen-bond acceptors (Lipinski definition) is 1. The minimum atomic E-state index is 0.614. The maximum absolute atomic E-state index is 5.51. The van der Waals surface area contributed by atoms with E-state index in [9.17, 15) is 0 Å². The van der Waals surface area contributed by atoms with Gasteiger partial charge < -0.3 is 10.2 Å². The topological polar surface area (TPSA) is 15.3 Å². The maximum atomic E-state index is 5.51. The molecule has 0 aromatic heterocycles. The highest BCUT2D eigenvalue weighted by Gasteiger charge is 2.12. The largest absolute Gasteiger partial charge is 0.332 e. The van der Waals surface area contributed by atoms with Crippen LogP contribution in [-0.2, 0) is 0 Å². The van der Waals surface area contributed by atoms with E-state index in [1.165, 1.54) is 0 Å². The Balaban J connectivity index is 2.18. The van der Waals surface area contributed by atoms with Crippen LogP contribution in [0, 0.1) is 0 Å². The van der Waals surface area contributed by atoms with Crippen molar-refractivity contribution in [2.75, 3.05) is 16.8 Å². The lowest BCUT2D eigenvalue weighted by Gasteiger charge is -2.25. The van der Waals surface area contributed by atoms with Crippen molar-refractivity contribution in [1.82, 2.24) is 0 Å². The quantitative estimate of drug-likeness (QED) is 0.800. The number of thiocarbonyl (C=S) groups is 1. The Morgan fingerprint density at radius 2 is 1.60 bits per heavy atom. The molecule has 0 spiro atoms. The molecule has 0 saturated heterocycles. The molecule has 102 valence electrons. The van der Waals surface area contributed by atoms with Crippen LogP contribution in [0.2, 0.25) is 0 Å². The summed E-state index contributed by atoms with van der Waals surface area (Å²) in [5.41, 5.74) is 2.00. The van der Waals surface area contributed by atoms with Gasteiger partial charge in [0, 0.05) is 15.9 Å². The first-order valence-corrected chi connectivity index (χ1v) is 7.39. The van der Waals surface area contributed by atoms with Gasteiger partial charge in [-0.15, -0.1) is 0 Å². The van der Waals surface area contributed by atoms with E-state index in [0.29, 0.717) is 11.7 Å². The second-order valence-corrected chi connectivity index (χ2v) is 5.74. The molecule has 1 N–H and O–H groups in total. The molecular weight excluding hydrogens is 332 g/mol. The van der Waals surface area contributed by atoms with Crippen LogP contribution < -0.4 is 10.2 Å². The molecule has 0 saturated carbocycles. The predicted molar refractivity (Wildman–Crippen MR) is 94.5 cm³/mol. The Morgan fingerprint density at radius 1 is 1.05 bits per heavy atom. The third kappa shape index (κ3) is 4.18. The smallest absolute Gasteiger partial charge is 0.178 e. The molecule has 2 aromatic carbocycles. The summed E-state index contributed by atoms with van der Waals surface area (Å²) in [6.07, 6.45) is 0. The van der Waals surface area contributed by atoms with Crippen LogP contribution in [0.15, 0.2) is 71.7 Å². The number of nitrogens with zero attached hydrogens (tertiary/aromatic N) is 1. The van der Waals surface area contributed by atoms with Gasteiger partial charge in [0.1, 0.15) is 0 Å². The minimum Gasteiger partial charge on any atom is -0.332 e. The molecule has 0 atom stereocenters.